The van der Waals surface area contributed by atoms with E-state index in [9.17, 15) is 4.79 Å². The number of nitrogens with one attached hydrogen (secondary N) is 2. The van der Waals surface area contributed by atoms with Crippen LogP contribution in [-0.2, 0) is 4.79 Å². The van der Waals surface area contributed by atoms with Gasteiger partial charge >= 0.3 is 0 Å². The van der Waals surface area contributed by atoms with Gasteiger partial charge in [-0.3, -0.25) is 4.79 Å². The Hall–Kier alpha value is -1.06. The summed E-state index contributed by atoms with van der Waals surface area (Å²) in [6.45, 7) is 3.72. The number of halogens is 1. The van der Waals surface area contributed by atoms with E-state index in [1.54, 1.807) is 0 Å². The van der Waals surface area contributed by atoms with Gasteiger partial charge in [-0.15, -0.1) is 12.4 Å². The van der Waals surface area contributed by atoms with Gasteiger partial charge in [-0.1, -0.05) is 37.3 Å². The van der Waals surface area contributed by atoms with Crippen molar-refractivity contribution < 1.29 is 4.79 Å². The Morgan fingerprint density at radius 2 is 1.89 bits per heavy atom. The summed E-state index contributed by atoms with van der Waals surface area (Å²) in [6.07, 6.45) is 1.80. The van der Waals surface area contributed by atoms with Crippen LogP contribution >= 0.6 is 12.4 Å². The largest absolute Gasteiger partial charge is 0.356 e. The molecule has 4 heteroatoms. The van der Waals surface area contributed by atoms with Gasteiger partial charge in [0, 0.05) is 6.54 Å². The van der Waals surface area contributed by atoms with Crippen LogP contribution in [0.4, 0.5) is 0 Å². The summed E-state index contributed by atoms with van der Waals surface area (Å²) in [5.41, 5.74) is 1.10. The first-order valence-electron chi connectivity index (χ1n) is 6.26. The van der Waals surface area contributed by atoms with Gasteiger partial charge in [-0.2, -0.15) is 0 Å². The zero-order chi connectivity index (χ0) is 12.5. The molecule has 3 nitrogen and oxygen atoms in total. The smallest absolute Gasteiger partial charge is 0.227 e. The predicted molar refractivity (Wildman–Crippen MR) is 78.3 cm³/mol. The fourth-order valence-electron chi connectivity index (χ4n) is 1.86. The van der Waals surface area contributed by atoms with Crippen molar-refractivity contribution in [2.75, 3.05) is 20.1 Å². The maximum atomic E-state index is 12.0. The van der Waals surface area contributed by atoms with Gasteiger partial charge in [0.1, 0.15) is 0 Å². The van der Waals surface area contributed by atoms with Gasteiger partial charge in [0.25, 0.3) is 0 Å². The van der Waals surface area contributed by atoms with Crippen LogP contribution < -0.4 is 10.6 Å². The molecule has 0 aliphatic rings. The molecule has 0 aliphatic heterocycles. The first kappa shape index (κ1) is 16.9. The fraction of sp³-hybridized carbons (Fsp3) is 0.500. The molecule has 18 heavy (non-hydrogen) atoms. The first-order valence-corrected chi connectivity index (χ1v) is 6.26. The van der Waals surface area contributed by atoms with Crippen molar-refractivity contribution in [1.29, 1.82) is 0 Å². The Morgan fingerprint density at radius 3 is 2.44 bits per heavy atom. The van der Waals surface area contributed by atoms with Gasteiger partial charge in [0.15, 0.2) is 0 Å². The fourth-order valence-corrected chi connectivity index (χ4v) is 1.86. The van der Waals surface area contributed by atoms with Gasteiger partial charge in [0.2, 0.25) is 5.91 Å². The normalized spacial score (nSPS) is 11.4. The third-order valence-electron chi connectivity index (χ3n) is 2.83. The van der Waals surface area contributed by atoms with E-state index in [2.05, 4.69) is 10.6 Å². The molecule has 1 amide bonds. The van der Waals surface area contributed by atoms with Crippen molar-refractivity contribution in [3.8, 4) is 0 Å². The molecule has 1 atom stereocenters. The molecular formula is C14H23ClN2O. The molecule has 0 aromatic heterocycles. The molecule has 0 saturated carbocycles. The maximum Gasteiger partial charge on any atom is 0.227 e. The van der Waals surface area contributed by atoms with Crippen LogP contribution in [0.25, 0.3) is 0 Å². The molecule has 1 aromatic rings. The van der Waals surface area contributed by atoms with Crippen LogP contribution in [-0.4, -0.2) is 26.0 Å². The third kappa shape index (κ3) is 5.52. The van der Waals surface area contributed by atoms with E-state index in [4.69, 9.17) is 0 Å². The van der Waals surface area contributed by atoms with Crippen molar-refractivity contribution in [3.63, 3.8) is 0 Å². The molecule has 0 saturated heterocycles. The molecule has 0 spiro atoms. The van der Waals surface area contributed by atoms with Crippen LogP contribution in [0.3, 0.4) is 0 Å². The highest BCUT2D eigenvalue weighted by Gasteiger charge is 2.17. The highest BCUT2D eigenvalue weighted by Crippen LogP contribution is 2.18. The molecule has 1 rings (SSSR count). The molecule has 102 valence electrons. The van der Waals surface area contributed by atoms with Crippen molar-refractivity contribution in [2.24, 2.45) is 0 Å². The van der Waals surface area contributed by atoms with E-state index in [0.29, 0.717) is 0 Å². The monoisotopic (exact) mass is 270 g/mol. The predicted octanol–water partition coefficient (Wildman–Crippen LogP) is 2.33. The van der Waals surface area contributed by atoms with E-state index in [1.165, 1.54) is 0 Å². The van der Waals surface area contributed by atoms with Crippen molar-refractivity contribution in [2.45, 2.75) is 25.7 Å². The second-order valence-corrected chi connectivity index (χ2v) is 4.12. The van der Waals surface area contributed by atoms with Crippen molar-refractivity contribution in [3.05, 3.63) is 35.9 Å². The van der Waals surface area contributed by atoms with E-state index >= 15 is 0 Å². The summed E-state index contributed by atoms with van der Waals surface area (Å²) in [6, 6.07) is 9.96. The quantitative estimate of drug-likeness (QED) is 0.747. The van der Waals surface area contributed by atoms with Crippen LogP contribution in [0.5, 0.6) is 0 Å². The van der Waals surface area contributed by atoms with Crippen LogP contribution in [0.2, 0.25) is 0 Å². The molecule has 0 heterocycles. The van der Waals surface area contributed by atoms with E-state index < -0.39 is 0 Å². The minimum Gasteiger partial charge on any atom is -0.356 e. The number of hydrogen-bond acceptors (Lipinski definition) is 2. The molecule has 2 N–H and O–H groups in total. The van der Waals surface area contributed by atoms with Gasteiger partial charge < -0.3 is 10.6 Å². The third-order valence-corrected chi connectivity index (χ3v) is 2.83. The Labute approximate surface area is 116 Å². The van der Waals surface area contributed by atoms with Crippen molar-refractivity contribution in [1.82, 2.24) is 10.6 Å². The summed E-state index contributed by atoms with van der Waals surface area (Å²) in [7, 11) is 1.92. The summed E-state index contributed by atoms with van der Waals surface area (Å²) in [4.78, 5) is 12.0. The number of carbonyl (C=O) groups excluding carboxylic acids is 1. The molecular weight excluding hydrogens is 248 g/mol. The van der Waals surface area contributed by atoms with Crippen LogP contribution in [0.1, 0.15) is 31.2 Å². The highest BCUT2D eigenvalue weighted by atomic mass is 35.5. The average Bonchev–Trinajstić information content (AvgIpc) is 2.37. The number of carbonyl (C=O) groups is 1. The van der Waals surface area contributed by atoms with Gasteiger partial charge in [-0.05, 0) is 32.0 Å². The van der Waals surface area contributed by atoms with Crippen LogP contribution in [0, 0.1) is 0 Å². The molecule has 0 radical (unpaired) electrons. The molecule has 1 aromatic carbocycles. The summed E-state index contributed by atoms with van der Waals surface area (Å²) >= 11 is 0. The summed E-state index contributed by atoms with van der Waals surface area (Å²) in [5, 5.41) is 6.05. The van der Waals surface area contributed by atoms with E-state index in [1.807, 2.05) is 44.3 Å². The topological polar surface area (TPSA) is 41.1 Å². The number of hydrogen-bond donors (Lipinski definition) is 2. The maximum absolute atomic E-state index is 12.0. The Balaban J connectivity index is 0.00000289. The molecule has 0 fully saturated rings. The van der Waals surface area contributed by atoms with Crippen molar-refractivity contribution >= 4 is 18.3 Å². The van der Waals surface area contributed by atoms with E-state index in [0.717, 1.165) is 31.5 Å². The molecule has 0 bridgehead atoms. The zero-order valence-corrected chi connectivity index (χ0v) is 11.9. The number of rotatable bonds is 7. The lowest BCUT2D eigenvalue weighted by Crippen LogP contribution is -2.31. The Bertz CT molecular complexity index is 330. The lowest BCUT2D eigenvalue weighted by molar-refractivity contribution is -0.122. The van der Waals surface area contributed by atoms with Gasteiger partial charge in [-0.25, -0.2) is 0 Å². The average molecular weight is 271 g/mol. The second kappa shape index (κ2) is 9.92. The second-order valence-electron chi connectivity index (χ2n) is 4.12. The standard InChI is InChI=1S/C14H22N2O.ClH/c1-3-13(12-8-5-4-6-9-12)14(17)16-11-7-10-15-2;/h4-6,8-9,13,15H,3,7,10-11H2,1-2H3,(H,16,17);1H. The zero-order valence-electron chi connectivity index (χ0n) is 11.1. The lowest BCUT2D eigenvalue weighted by Gasteiger charge is -2.15. The number of amides is 1. The minimum atomic E-state index is -0.0224. The SMILES string of the molecule is CCC(C(=O)NCCCNC)c1ccccc1.Cl. The Kier molecular flexibility index (Phi) is 9.33. The van der Waals surface area contributed by atoms with Crippen LogP contribution in [0.15, 0.2) is 30.3 Å². The first-order chi connectivity index (χ1) is 8.29. The molecule has 0 aliphatic carbocycles. The molecule has 1 unspecified atom stereocenters. The number of benzene rings is 1. The van der Waals surface area contributed by atoms with Gasteiger partial charge in [0.05, 0.1) is 5.92 Å². The lowest BCUT2D eigenvalue weighted by atomic mass is 9.96. The summed E-state index contributed by atoms with van der Waals surface area (Å²) < 4.78 is 0. The van der Waals surface area contributed by atoms with E-state index in [-0.39, 0.29) is 24.2 Å². The minimum absolute atomic E-state index is 0. The Morgan fingerprint density at radius 1 is 1.22 bits per heavy atom. The highest BCUT2D eigenvalue weighted by molar-refractivity contribution is 5.85. The summed E-state index contributed by atoms with van der Waals surface area (Å²) in [5.74, 6) is 0.112.